The summed E-state index contributed by atoms with van der Waals surface area (Å²) in [5, 5.41) is 11.6. The minimum atomic E-state index is -0.884. The van der Waals surface area contributed by atoms with Gasteiger partial charge in [0, 0.05) is 12.1 Å². The highest BCUT2D eigenvalue weighted by molar-refractivity contribution is 5.85. The van der Waals surface area contributed by atoms with Crippen LogP contribution in [-0.4, -0.2) is 17.6 Å². The number of hydrogen-bond acceptors (Lipinski definition) is 3. The highest BCUT2D eigenvalue weighted by Gasteiger charge is 1.98. The summed E-state index contributed by atoms with van der Waals surface area (Å²) in [6.07, 6.45) is 3.24. The summed E-state index contributed by atoms with van der Waals surface area (Å²) < 4.78 is 5.09. The van der Waals surface area contributed by atoms with Crippen LogP contribution >= 0.6 is 0 Å². The molecular weight excluding hydrogens is 182 g/mol. The number of carboxylic acids is 1. The molecule has 76 valence electrons. The molecule has 1 aromatic rings. The fraction of sp³-hybridized carbons (Fsp3) is 0.300. The Morgan fingerprint density at radius 2 is 2.50 bits per heavy atom. The lowest BCUT2D eigenvalue weighted by Gasteiger charge is -1.98. The standard InChI is InChI=1S/C10H13NO3/c1-8(10(12)13)4-5-11-7-9-3-2-6-14-9/h2-4,6,11H,5,7H2,1H3,(H,12,13)/b8-4-. The fourth-order valence-electron chi connectivity index (χ4n) is 0.921. The molecule has 0 saturated heterocycles. The number of nitrogens with one attached hydrogen (secondary N) is 1. The van der Waals surface area contributed by atoms with E-state index in [1.807, 2.05) is 12.1 Å². The van der Waals surface area contributed by atoms with E-state index in [4.69, 9.17) is 9.52 Å². The Morgan fingerprint density at radius 1 is 1.71 bits per heavy atom. The summed E-state index contributed by atoms with van der Waals surface area (Å²) in [6.45, 7) is 2.70. The highest BCUT2D eigenvalue weighted by Crippen LogP contribution is 1.98. The molecule has 0 aromatic carbocycles. The van der Waals surface area contributed by atoms with E-state index in [0.29, 0.717) is 18.7 Å². The number of rotatable bonds is 5. The van der Waals surface area contributed by atoms with Gasteiger partial charge in [-0.05, 0) is 19.1 Å². The Morgan fingerprint density at radius 3 is 3.07 bits per heavy atom. The quantitative estimate of drug-likeness (QED) is 0.550. The molecule has 4 heteroatoms. The first-order chi connectivity index (χ1) is 6.70. The van der Waals surface area contributed by atoms with E-state index >= 15 is 0 Å². The van der Waals surface area contributed by atoms with Crippen molar-refractivity contribution in [3.63, 3.8) is 0 Å². The van der Waals surface area contributed by atoms with Crippen LogP contribution in [0.1, 0.15) is 12.7 Å². The molecule has 0 saturated carbocycles. The van der Waals surface area contributed by atoms with Crippen LogP contribution in [0.15, 0.2) is 34.5 Å². The normalized spacial score (nSPS) is 11.6. The topological polar surface area (TPSA) is 62.5 Å². The lowest BCUT2D eigenvalue weighted by Crippen LogP contribution is -2.13. The van der Waals surface area contributed by atoms with Gasteiger partial charge in [-0.25, -0.2) is 4.79 Å². The largest absolute Gasteiger partial charge is 0.478 e. The summed E-state index contributed by atoms with van der Waals surface area (Å²) in [5.41, 5.74) is 0.344. The molecule has 1 aromatic heterocycles. The second-order valence-corrected chi connectivity index (χ2v) is 2.90. The monoisotopic (exact) mass is 195 g/mol. The molecule has 0 bridgehead atoms. The van der Waals surface area contributed by atoms with Gasteiger partial charge in [0.15, 0.2) is 0 Å². The molecule has 0 spiro atoms. The molecule has 0 aliphatic carbocycles. The van der Waals surface area contributed by atoms with Crippen molar-refractivity contribution in [1.29, 1.82) is 0 Å². The average Bonchev–Trinajstić information content (AvgIpc) is 2.64. The first-order valence-corrected chi connectivity index (χ1v) is 4.33. The first kappa shape index (κ1) is 10.5. The predicted molar refractivity (Wildman–Crippen MR) is 51.8 cm³/mol. The van der Waals surface area contributed by atoms with E-state index in [1.165, 1.54) is 0 Å². The van der Waals surface area contributed by atoms with E-state index in [1.54, 1.807) is 19.3 Å². The van der Waals surface area contributed by atoms with Crippen molar-refractivity contribution in [2.45, 2.75) is 13.5 Å². The third-order valence-corrected chi connectivity index (χ3v) is 1.77. The maximum atomic E-state index is 10.4. The molecule has 1 heterocycles. The van der Waals surface area contributed by atoms with Gasteiger partial charge in [-0.3, -0.25) is 0 Å². The van der Waals surface area contributed by atoms with Crippen molar-refractivity contribution < 1.29 is 14.3 Å². The highest BCUT2D eigenvalue weighted by atomic mass is 16.4. The lowest BCUT2D eigenvalue weighted by atomic mass is 10.3. The van der Waals surface area contributed by atoms with Crippen molar-refractivity contribution in [3.05, 3.63) is 35.8 Å². The average molecular weight is 195 g/mol. The maximum Gasteiger partial charge on any atom is 0.330 e. The molecule has 4 nitrogen and oxygen atoms in total. The predicted octanol–water partition coefficient (Wildman–Crippen LogP) is 1.40. The van der Waals surface area contributed by atoms with E-state index < -0.39 is 5.97 Å². The van der Waals surface area contributed by atoms with Gasteiger partial charge in [0.1, 0.15) is 5.76 Å². The van der Waals surface area contributed by atoms with Crippen LogP contribution in [-0.2, 0) is 11.3 Å². The number of carboxylic acid groups (broad SMARTS) is 1. The van der Waals surface area contributed by atoms with Crippen LogP contribution in [0.3, 0.4) is 0 Å². The van der Waals surface area contributed by atoms with E-state index in [9.17, 15) is 4.79 Å². The summed E-state index contributed by atoms with van der Waals surface area (Å²) >= 11 is 0. The van der Waals surface area contributed by atoms with Crippen LogP contribution in [0.4, 0.5) is 0 Å². The van der Waals surface area contributed by atoms with Crippen LogP contribution in [0.5, 0.6) is 0 Å². The van der Waals surface area contributed by atoms with Crippen LogP contribution in [0.2, 0.25) is 0 Å². The zero-order valence-corrected chi connectivity index (χ0v) is 7.99. The zero-order valence-electron chi connectivity index (χ0n) is 7.99. The van der Waals surface area contributed by atoms with Gasteiger partial charge in [-0.2, -0.15) is 0 Å². The molecule has 0 unspecified atom stereocenters. The fourth-order valence-corrected chi connectivity index (χ4v) is 0.921. The Balaban J connectivity index is 2.23. The molecule has 14 heavy (non-hydrogen) atoms. The third-order valence-electron chi connectivity index (χ3n) is 1.77. The molecule has 0 aliphatic rings. The van der Waals surface area contributed by atoms with Gasteiger partial charge < -0.3 is 14.8 Å². The second kappa shape index (κ2) is 5.24. The van der Waals surface area contributed by atoms with Crippen LogP contribution in [0.25, 0.3) is 0 Å². The van der Waals surface area contributed by atoms with Gasteiger partial charge in [-0.1, -0.05) is 6.08 Å². The van der Waals surface area contributed by atoms with Crippen molar-refractivity contribution in [1.82, 2.24) is 5.32 Å². The van der Waals surface area contributed by atoms with Gasteiger partial charge in [0.05, 0.1) is 12.8 Å². The summed E-state index contributed by atoms with van der Waals surface area (Å²) in [5.74, 6) is -0.0452. The minimum absolute atomic E-state index is 0.344. The third kappa shape index (κ3) is 3.45. The van der Waals surface area contributed by atoms with E-state index in [2.05, 4.69) is 5.32 Å². The molecule has 0 atom stereocenters. The Hall–Kier alpha value is -1.55. The van der Waals surface area contributed by atoms with Gasteiger partial charge in [0.2, 0.25) is 0 Å². The van der Waals surface area contributed by atoms with E-state index in [-0.39, 0.29) is 0 Å². The summed E-state index contributed by atoms with van der Waals surface area (Å²) in [4.78, 5) is 10.4. The Bertz CT molecular complexity index is 314. The van der Waals surface area contributed by atoms with Crippen molar-refractivity contribution >= 4 is 5.97 Å². The maximum absolute atomic E-state index is 10.4. The number of furan rings is 1. The molecule has 0 amide bonds. The zero-order chi connectivity index (χ0) is 10.4. The lowest BCUT2D eigenvalue weighted by molar-refractivity contribution is -0.132. The van der Waals surface area contributed by atoms with Crippen molar-refractivity contribution in [2.24, 2.45) is 0 Å². The second-order valence-electron chi connectivity index (χ2n) is 2.90. The van der Waals surface area contributed by atoms with Gasteiger partial charge in [-0.15, -0.1) is 0 Å². The minimum Gasteiger partial charge on any atom is -0.478 e. The molecular formula is C10H13NO3. The smallest absolute Gasteiger partial charge is 0.330 e. The number of aliphatic carboxylic acids is 1. The summed E-state index contributed by atoms with van der Waals surface area (Å²) in [7, 11) is 0. The molecule has 0 radical (unpaired) electrons. The molecule has 0 fully saturated rings. The van der Waals surface area contributed by atoms with Crippen molar-refractivity contribution in [3.8, 4) is 0 Å². The van der Waals surface area contributed by atoms with E-state index in [0.717, 1.165) is 5.76 Å². The van der Waals surface area contributed by atoms with Gasteiger partial charge in [0.25, 0.3) is 0 Å². The Labute approximate surface area is 82.2 Å². The first-order valence-electron chi connectivity index (χ1n) is 4.33. The number of carbonyl (C=O) groups is 1. The van der Waals surface area contributed by atoms with Crippen LogP contribution < -0.4 is 5.32 Å². The summed E-state index contributed by atoms with van der Waals surface area (Å²) in [6, 6.07) is 3.68. The van der Waals surface area contributed by atoms with Crippen LogP contribution in [0, 0.1) is 0 Å². The molecule has 0 aliphatic heterocycles. The van der Waals surface area contributed by atoms with Crippen molar-refractivity contribution in [2.75, 3.05) is 6.54 Å². The molecule has 1 rings (SSSR count). The Kier molecular flexibility index (Phi) is 3.94. The van der Waals surface area contributed by atoms with Gasteiger partial charge >= 0.3 is 5.97 Å². The number of hydrogen-bond donors (Lipinski definition) is 2. The molecule has 2 N–H and O–H groups in total. The SMILES string of the molecule is C/C(=C/CNCc1ccco1)C(=O)O.